The number of anilines is 1. The highest BCUT2D eigenvalue weighted by molar-refractivity contribution is 6.10. The van der Waals surface area contributed by atoms with Crippen LogP contribution in [0.25, 0.3) is 0 Å². The minimum absolute atomic E-state index is 0.114. The molecule has 3 rings (SSSR count). The molecule has 2 N–H and O–H groups in total. The highest BCUT2D eigenvalue weighted by Crippen LogP contribution is 2.17. The summed E-state index contributed by atoms with van der Waals surface area (Å²) < 4.78 is 0. The second kappa shape index (κ2) is 5.57. The zero-order valence-electron chi connectivity index (χ0n) is 11.0. The fourth-order valence-corrected chi connectivity index (χ4v) is 2.16. The number of hydrogen-bond acceptors (Lipinski definition) is 3. The van der Waals surface area contributed by atoms with Gasteiger partial charge in [-0.1, -0.05) is 30.3 Å². The van der Waals surface area contributed by atoms with Gasteiger partial charge in [0.05, 0.1) is 12.2 Å². The summed E-state index contributed by atoms with van der Waals surface area (Å²) in [5.41, 5.74) is 2.34. The Hall–Kier alpha value is -2.62. The van der Waals surface area contributed by atoms with Crippen molar-refractivity contribution in [2.24, 2.45) is 4.99 Å². The van der Waals surface area contributed by atoms with Gasteiger partial charge >= 0.3 is 0 Å². The Balaban J connectivity index is 1.86. The molecule has 0 bridgehead atoms. The van der Waals surface area contributed by atoms with E-state index in [1.165, 1.54) is 0 Å². The van der Waals surface area contributed by atoms with Gasteiger partial charge in [-0.2, -0.15) is 0 Å². The van der Waals surface area contributed by atoms with Crippen molar-refractivity contribution in [2.45, 2.75) is 0 Å². The molecule has 20 heavy (non-hydrogen) atoms. The van der Waals surface area contributed by atoms with Crippen LogP contribution in [-0.4, -0.2) is 24.8 Å². The van der Waals surface area contributed by atoms with E-state index in [0.29, 0.717) is 5.56 Å². The molecule has 0 aromatic heterocycles. The molecule has 0 fully saturated rings. The number of rotatable bonds is 3. The molecule has 100 valence electrons. The van der Waals surface area contributed by atoms with Crippen LogP contribution >= 0.6 is 0 Å². The topological polar surface area (TPSA) is 53.5 Å². The van der Waals surface area contributed by atoms with Gasteiger partial charge < -0.3 is 10.6 Å². The molecule has 0 atom stereocenters. The maximum atomic E-state index is 12.2. The summed E-state index contributed by atoms with van der Waals surface area (Å²) in [7, 11) is 0. The number of amidine groups is 1. The summed E-state index contributed by atoms with van der Waals surface area (Å²) in [6.07, 6.45) is 0. The van der Waals surface area contributed by atoms with Crippen molar-refractivity contribution in [3.05, 3.63) is 65.7 Å². The summed E-state index contributed by atoms with van der Waals surface area (Å²) >= 11 is 0. The van der Waals surface area contributed by atoms with Crippen molar-refractivity contribution in [1.29, 1.82) is 0 Å². The van der Waals surface area contributed by atoms with Crippen molar-refractivity contribution in [3.8, 4) is 0 Å². The number of para-hydroxylation sites is 1. The Labute approximate surface area is 117 Å². The van der Waals surface area contributed by atoms with E-state index in [-0.39, 0.29) is 5.91 Å². The smallest absolute Gasteiger partial charge is 0.255 e. The molecule has 2 aromatic carbocycles. The van der Waals surface area contributed by atoms with E-state index >= 15 is 0 Å². The third-order valence-corrected chi connectivity index (χ3v) is 3.14. The van der Waals surface area contributed by atoms with Crippen LogP contribution in [0.15, 0.2) is 59.6 Å². The van der Waals surface area contributed by atoms with Gasteiger partial charge in [0.1, 0.15) is 5.84 Å². The molecule has 1 heterocycles. The van der Waals surface area contributed by atoms with E-state index in [0.717, 1.165) is 30.2 Å². The highest BCUT2D eigenvalue weighted by atomic mass is 16.1. The predicted octanol–water partition coefficient (Wildman–Crippen LogP) is 2.29. The number of carbonyl (C=O) groups excluding carboxylic acids is 1. The molecule has 1 amide bonds. The van der Waals surface area contributed by atoms with Crippen LogP contribution in [-0.2, 0) is 0 Å². The molecule has 4 nitrogen and oxygen atoms in total. The lowest BCUT2D eigenvalue weighted by atomic mass is 10.1. The maximum Gasteiger partial charge on any atom is 0.255 e. The lowest BCUT2D eigenvalue weighted by Crippen LogP contribution is -2.22. The van der Waals surface area contributed by atoms with Crippen LogP contribution in [0, 0.1) is 0 Å². The average molecular weight is 265 g/mol. The van der Waals surface area contributed by atoms with E-state index < -0.39 is 0 Å². The number of carbonyl (C=O) groups is 1. The Morgan fingerprint density at radius 3 is 2.55 bits per heavy atom. The van der Waals surface area contributed by atoms with Gasteiger partial charge in [0, 0.05) is 17.7 Å². The van der Waals surface area contributed by atoms with Crippen LogP contribution < -0.4 is 10.6 Å². The van der Waals surface area contributed by atoms with E-state index in [2.05, 4.69) is 15.6 Å². The van der Waals surface area contributed by atoms with Gasteiger partial charge in [0.15, 0.2) is 0 Å². The minimum atomic E-state index is -0.114. The third kappa shape index (κ3) is 2.54. The summed E-state index contributed by atoms with van der Waals surface area (Å²) in [4.78, 5) is 16.6. The maximum absolute atomic E-state index is 12.2. The standard InChI is InChI=1S/C16H15N3O/c20-16(12-6-2-1-3-7-12)19-14-9-5-4-8-13(14)15-17-10-11-18-15/h1-9H,10-11H2,(H,17,18)(H,19,20). The largest absolute Gasteiger partial charge is 0.368 e. The molecular formula is C16H15N3O. The molecule has 0 saturated heterocycles. The van der Waals surface area contributed by atoms with Gasteiger partial charge in [-0.3, -0.25) is 9.79 Å². The first-order chi connectivity index (χ1) is 9.84. The molecule has 0 radical (unpaired) electrons. The van der Waals surface area contributed by atoms with Gasteiger partial charge in [0.25, 0.3) is 5.91 Å². The summed E-state index contributed by atoms with van der Waals surface area (Å²) in [6.45, 7) is 1.62. The van der Waals surface area contributed by atoms with Crippen molar-refractivity contribution in [1.82, 2.24) is 5.32 Å². The first-order valence-corrected chi connectivity index (χ1v) is 6.59. The van der Waals surface area contributed by atoms with Crippen LogP contribution in [0.4, 0.5) is 5.69 Å². The van der Waals surface area contributed by atoms with Gasteiger partial charge in [-0.05, 0) is 24.3 Å². The van der Waals surface area contributed by atoms with Crippen LogP contribution in [0.3, 0.4) is 0 Å². The zero-order chi connectivity index (χ0) is 13.8. The zero-order valence-corrected chi connectivity index (χ0v) is 11.0. The number of nitrogens with one attached hydrogen (secondary N) is 2. The fourth-order valence-electron chi connectivity index (χ4n) is 2.16. The number of hydrogen-bond donors (Lipinski definition) is 2. The molecule has 2 aromatic rings. The number of benzene rings is 2. The van der Waals surface area contributed by atoms with Crippen LogP contribution in [0.2, 0.25) is 0 Å². The van der Waals surface area contributed by atoms with E-state index in [9.17, 15) is 4.79 Å². The summed E-state index contributed by atoms with van der Waals surface area (Å²) in [5, 5.41) is 6.17. The van der Waals surface area contributed by atoms with E-state index in [1.807, 2.05) is 42.5 Å². The number of aliphatic imine (C=N–C) groups is 1. The minimum Gasteiger partial charge on any atom is -0.368 e. The quantitative estimate of drug-likeness (QED) is 0.894. The first-order valence-electron chi connectivity index (χ1n) is 6.59. The van der Waals surface area contributed by atoms with Crippen LogP contribution in [0.5, 0.6) is 0 Å². The molecule has 1 aliphatic rings. The lowest BCUT2D eigenvalue weighted by molar-refractivity contribution is 0.102. The molecule has 0 saturated carbocycles. The number of amides is 1. The molecular weight excluding hydrogens is 250 g/mol. The molecule has 4 heteroatoms. The van der Waals surface area contributed by atoms with Crippen molar-refractivity contribution < 1.29 is 4.79 Å². The van der Waals surface area contributed by atoms with E-state index in [4.69, 9.17) is 0 Å². The predicted molar refractivity (Wildman–Crippen MR) is 80.2 cm³/mol. The first kappa shape index (κ1) is 12.4. The molecule has 0 spiro atoms. The fraction of sp³-hybridized carbons (Fsp3) is 0.125. The summed E-state index contributed by atoms with van der Waals surface area (Å²) in [5.74, 6) is 0.727. The Bertz CT molecular complexity index is 650. The van der Waals surface area contributed by atoms with Gasteiger partial charge in [-0.25, -0.2) is 0 Å². The monoisotopic (exact) mass is 265 g/mol. The second-order valence-electron chi connectivity index (χ2n) is 4.52. The Morgan fingerprint density at radius 1 is 1.05 bits per heavy atom. The number of nitrogens with zero attached hydrogens (tertiary/aromatic N) is 1. The molecule has 1 aliphatic heterocycles. The molecule has 0 unspecified atom stereocenters. The second-order valence-corrected chi connectivity index (χ2v) is 4.52. The highest BCUT2D eigenvalue weighted by Gasteiger charge is 2.14. The third-order valence-electron chi connectivity index (χ3n) is 3.14. The van der Waals surface area contributed by atoms with Gasteiger partial charge in [-0.15, -0.1) is 0 Å². The van der Waals surface area contributed by atoms with E-state index in [1.54, 1.807) is 12.1 Å². The SMILES string of the molecule is O=C(Nc1ccccc1C1=NCCN1)c1ccccc1. The Kier molecular flexibility index (Phi) is 3.46. The summed E-state index contributed by atoms with van der Waals surface area (Å²) in [6, 6.07) is 16.9. The van der Waals surface area contributed by atoms with Crippen molar-refractivity contribution >= 4 is 17.4 Å². The molecule has 0 aliphatic carbocycles. The normalized spacial score (nSPS) is 13.5. The van der Waals surface area contributed by atoms with Crippen molar-refractivity contribution in [2.75, 3.05) is 18.4 Å². The van der Waals surface area contributed by atoms with Gasteiger partial charge in [0.2, 0.25) is 0 Å². The lowest BCUT2D eigenvalue weighted by Gasteiger charge is -2.11. The Morgan fingerprint density at radius 2 is 1.80 bits per heavy atom. The van der Waals surface area contributed by atoms with Crippen molar-refractivity contribution in [3.63, 3.8) is 0 Å². The average Bonchev–Trinajstić information content (AvgIpc) is 3.03. The van der Waals surface area contributed by atoms with Crippen LogP contribution in [0.1, 0.15) is 15.9 Å².